The minimum Gasteiger partial charge on any atom is -0.390 e. The number of sulfonamides is 1. The number of alkyl halides is 3. The van der Waals surface area contributed by atoms with E-state index in [1.165, 1.54) is 4.90 Å². The summed E-state index contributed by atoms with van der Waals surface area (Å²) in [5.74, 6) is -0.320. The van der Waals surface area contributed by atoms with Gasteiger partial charge in [0.15, 0.2) is 0 Å². The van der Waals surface area contributed by atoms with Gasteiger partial charge in [-0.3, -0.25) is 4.79 Å². The van der Waals surface area contributed by atoms with Gasteiger partial charge >= 0.3 is 6.18 Å². The molecule has 0 spiro atoms. The van der Waals surface area contributed by atoms with Crippen LogP contribution in [-0.2, 0) is 22.6 Å². The van der Waals surface area contributed by atoms with Crippen molar-refractivity contribution in [3.05, 3.63) is 95.8 Å². The molecule has 1 saturated carbocycles. The van der Waals surface area contributed by atoms with E-state index in [1.807, 2.05) is 30.3 Å². The fraction of sp³-hybridized carbons (Fsp3) is 0.375. The Morgan fingerprint density at radius 1 is 1.00 bits per heavy atom. The van der Waals surface area contributed by atoms with Crippen LogP contribution < -0.4 is 0 Å². The van der Waals surface area contributed by atoms with Crippen LogP contribution in [0, 0.1) is 5.92 Å². The Bertz CT molecular complexity index is 1660. The number of carbonyl (C=O) groups is 1. The summed E-state index contributed by atoms with van der Waals surface area (Å²) in [6, 6.07) is 19.6. The third-order valence-corrected chi connectivity index (χ3v) is 9.88. The normalized spacial score (nSPS) is 15.2. The first-order valence-corrected chi connectivity index (χ1v) is 16.1. The van der Waals surface area contributed by atoms with Crippen LogP contribution in [0.2, 0.25) is 0 Å². The van der Waals surface area contributed by atoms with Gasteiger partial charge in [0, 0.05) is 31.7 Å². The molecule has 1 aliphatic carbocycles. The van der Waals surface area contributed by atoms with Gasteiger partial charge in [0.05, 0.1) is 23.5 Å². The topological polar surface area (TPSA) is 107 Å². The summed E-state index contributed by atoms with van der Waals surface area (Å²) in [5.41, 5.74) is 0.140. The molecule has 1 aliphatic rings. The number of benzene rings is 3. The number of aliphatic hydroxyl groups is 1. The molecular weight excluding hydrogens is 593 g/mol. The lowest BCUT2D eigenvalue weighted by molar-refractivity contribution is -0.137. The molecule has 2 N–H and O–H groups in total. The maximum atomic E-state index is 14.1. The van der Waals surface area contributed by atoms with Crippen molar-refractivity contribution in [2.24, 2.45) is 5.92 Å². The number of nitrogens with zero attached hydrogens (tertiary/aromatic N) is 3. The molecule has 0 bridgehead atoms. The van der Waals surface area contributed by atoms with Crippen molar-refractivity contribution in [2.45, 2.75) is 49.3 Å². The molecule has 5 rings (SSSR count). The Hall–Kier alpha value is -3.74. The van der Waals surface area contributed by atoms with Gasteiger partial charge in [0.2, 0.25) is 10.0 Å². The van der Waals surface area contributed by atoms with E-state index in [2.05, 4.69) is 9.97 Å². The molecule has 0 aliphatic heterocycles. The number of aliphatic hydroxyl groups excluding tert-OH is 1. The van der Waals surface area contributed by atoms with Crippen LogP contribution in [-0.4, -0.2) is 70.9 Å². The van der Waals surface area contributed by atoms with Crippen LogP contribution in [0.5, 0.6) is 0 Å². The standard InChI is InChI=1S/C32H35F3N4O4S/c33-32(34,35)26-17-28-30(37-22-36-28)29(18-26)44(42,43)39(19-24-11-7-8-12-24)21-27(40)20-38(16-15-23-9-3-1-4-10-23)31(41)25-13-5-2-6-14-25/h1-6,9-10,13-14,17-18,22,24,27,40H,7-8,11-12,15-16,19-21H2,(H,36,37)/t27-/m0/s1. The first-order chi connectivity index (χ1) is 21.0. The quantitative estimate of drug-likeness (QED) is 0.215. The highest BCUT2D eigenvalue weighted by atomic mass is 32.2. The number of hydrogen-bond acceptors (Lipinski definition) is 5. The zero-order valence-corrected chi connectivity index (χ0v) is 24.9. The zero-order valence-electron chi connectivity index (χ0n) is 24.1. The van der Waals surface area contributed by atoms with E-state index in [1.54, 1.807) is 30.3 Å². The number of H-pyrrole nitrogens is 1. The molecule has 1 heterocycles. The van der Waals surface area contributed by atoms with E-state index in [9.17, 15) is 31.5 Å². The minimum atomic E-state index is -4.78. The minimum absolute atomic E-state index is 0.00224. The molecule has 0 saturated heterocycles. The molecule has 0 radical (unpaired) electrons. The maximum absolute atomic E-state index is 14.1. The van der Waals surface area contributed by atoms with Crippen molar-refractivity contribution >= 4 is 27.0 Å². The first-order valence-electron chi connectivity index (χ1n) is 14.6. The van der Waals surface area contributed by atoms with Gasteiger partial charge in [-0.25, -0.2) is 13.4 Å². The second kappa shape index (κ2) is 13.5. The van der Waals surface area contributed by atoms with Gasteiger partial charge < -0.3 is 15.0 Å². The van der Waals surface area contributed by atoms with Gasteiger partial charge in [-0.15, -0.1) is 0 Å². The molecule has 1 amide bonds. The summed E-state index contributed by atoms with van der Waals surface area (Å²) in [5, 5.41) is 11.3. The van der Waals surface area contributed by atoms with E-state index < -0.39 is 39.3 Å². The average molecular weight is 629 g/mol. The predicted molar refractivity (Wildman–Crippen MR) is 160 cm³/mol. The van der Waals surface area contributed by atoms with Crippen molar-refractivity contribution in [3.8, 4) is 0 Å². The number of carbonyl (C=O) groups excluding carboxylic acids is 1. The van der Waals surface area contributed by atoms with Gasteiger partial charge in [0.25, 0.3) is 5.91 Å². The monoisotopic (exact) mass is 628 g/mol. The summed E-state index contributed by atoms with van der Waals surface area (Å²) < 4.78 is 70.6. The SMILES string of the molecule is O=C(c1ccccc1)N(CCc1ccccc1)C[C@H](O)CN(CC1CCCC1)S(=O)(=O)c1cc(C(F)(F)F)cc2[nH]cnc12. The average Bonchev–Trinajstić information content (AvgIpc) is 3.71. The Balaban J connectivity index is 1.43. The van der Waals surface area contributed by atoms with Crippen molar-refractivity contribution in [1.82, 2.24) is 19.2 Å². The molecule has 3 aromatic carbocycles. The van der Waals surface area contributed by atoms with E-state index in [4.69, 9.17) is 0 Å². The number of nitrogens with one attached hydrogen (secondary N) is 1. The summed E-state index contributed by atoms with van der Waals surface area (Å²) in [6.45, 7) is -0.257. The number of fused-ring (bicyclic) bond motifs is 1. The molecule has 8 nitrogen and oxygen atoms in total. The number of aromatic nitrogens is 2. The molecular formula is C32H35F3N4O4S. The summed E-state index contributed by atoms with van der Waals surface area (Å²) in [4.78, 5) is 21.0. The maximum Gasteiger partial charge on any atom is 0.416 e. The zero-order chi connectivity index (χ0) is 31.3. The van der Waals surface area contributed by atoms with E-state index in [-0.39, 0.29) is 42.5 Å². The number of imidazole rings is 1. The Morgan fingerprint density at radius 3 is 2.32 bits per heavy atom. The third-order valence-electron chi connectivity index (χ3n) is 8.04. The van der Waals surface area contributed by atoms with Gasteiger partial charge in [0.1, 0.15) is 10.4 Å². The molecule has 0 unspecified atom stereocenters. The fourth-order valence-corrected chi connectivity index (χ4v) is 7.50. The van der Waals surface area contributed by atoms with Crippen molar-refractivity contribution in [1.29, 1.82) is 0 Å². The van der Waals surface area contributed by atoms with Crippen molar-refractivity contribution in [2.75, 3.05) is 26.2 Å². The second-order valence-corrected chi connectivity index (χ2v) is 13.2. The highest BCUT2D eigenvalue weighted by molar-refractivity contribution is 7.89. The number of amides is 1. The van der Waals surface area contributed by atoms with Crippen LogP contribution in [0.4, 0.5) is 13.2 Å². The molecule has 1 aromatic heterocycles. The first kappa shape index (κ1) is 31.7. The summed E-state index contributed by atoms with van der Waals surface area (Å²) >= 11 is 0. The Labute approximate surface area is 254 Å². The highest BCUT2D eigenvalue weighted by Crippen LogP contribution is 2.36. The number of rotatable bonds is 12. The molecule has 1 fully saturated rings. The lowest BCUT2D eigenvalue weighted by Gasteiger charge is -2.30. The van der Waals surface area contributed by atoms with Gasteiger partial charge in [-0.05, 0) is 55.0 Å². The van der Waals surface area contributed by atoms with Crippen LogP contribution in [0.1, 0.15) is 47.2 Å². The molecule has 12 heteroatoms. The number of halogens is 3. The number of hydrogen-bond donors (Lipinski definition) is 2. The van der Waals surface area contributed by atoms with Crippen molar-refractivity contribution in [3.63, 3.8) is 0 Å². The molecule has 234 valence electrons. The van der Waals surface area contributed by atoms with E-state index in [0.717, 1.165) is 47.9 Å². The lowest BCUT2D eigenvalue weighted by atomic mass is 10.1. The smallest absolute Gasteiger partial charge is 0.390 e. The molecule has 1 atom stereocenters. The largest absolute Gasteiger partial charge is 0.416 e. The fourth-order valence-electron chi connectivity index (χ4n) is 5.76. The van der Waals surface area contributed by atoms with E-state index in [0.29, 0.717) is 18.1 Å². The Morgan fingerprint density at radius 2 is 1.66 bits per heavy atom. The number of aromatic amines is 1. The van der Waals surface area contributed by atoms with Crippen LogP contribution in [0.3, 0.4) is 0 Å². The third kappa shape index (κ3) is 7.48. The van der Waals surface area contributed by atoms with Gasteiger partial charge in [-0.2, -0.15) is 17.5 Å². The van der Waals surface area contributed by atoms with Crippen molar-refractivity contribution < 1.29 is 31.5 Å². The van der Waals surface area contributed by atoms with Crippen LogP contribution >= 0.6 is 0 Å². The lowest BCUT2D eigenvalue weighted by Crippen LogP contribution is -2.46. The molecule has 44 heavy (non-hydrogen) atoms. The highest BCUT2D eigenvalue weighted by Gasteiger charge is 2.37. The summed E-state index contributed by atoms with van der Waals surface area (Å²) in [7, 11) is -4.54. The predicted octanol–water partition coefficient (Wildman–Crippen LogP) is 5.51. The Kier molecular flexibility index (Phi) is 9.72. The van der Waals surface area contributed by atoms with Gasteiger partial charge in [-0.1, -0.05) is 61.4 Å². The van der Waals surface area contributed by atoms with E-state index >= 15 is 0 Å². The second-order valence-electron chi connectivity index (χ2n) is 11.2. The van der Waals surface area contributed by atoms with Crippen LogP contribution in [0.25, 0.3) is 11.0 Å². The van der Waals surface area contributed by atoms with Crippen LogP contribution in [0.15, 0.2) is 84.0 Å². The molecule has 4 aromatic rings. The summed E-state index contributed by atoms with van der Waals surface area (Å²) in [6.07, 6.45) is -1.03.